The predicted molar refractivity (Wildman–Crippen MR) is 55.3 cm³/mol. The Hall–Kier alpha value is -0.550. The van der Waals surface area contributed by atoms with E-state index in [2.05, 4.69) is 17.7 Å². The van der Waals surface area contributed by atoms with Gasteiger partial charge in [-0.3, -0.25) is 4.39 Å². The smallest absolute Gasteiger partial charge is 0.0785 e. The monoisotopic (exact) mass is 185 g/mol. The zero-order chi connectivity index (χ0) is 10.1. The number of nitrogens with zero attached hydrogens (tertiary/aromatic N) is 1. The number of halogens is 1. The number of hydrogen-bond acceptors (Lipinski definition) is 1. The van der Waals surface area contributed by atoms with E-state index in [1.807, 2.05) is 0 Å². The molecule has 0 spiro atoms. The summed E-state index contributed by atoms with van der Waals surface area (Å²) in [5.41, 5.74) is 0. The van der Waals surface area contributed by atoms with Crippen LogP contribution in [0.5, 0.6) is 0 Å². The van der Waals surface area contributed by atoms with Gasteiger partial charge in [-0.15, -0.1) is 12.3 Å². The Kier molecular flexibility index (Phi) is 7.73. The zero-order valence-electron chi connectivity index (χ0n) is 8.72. The van der Waals surface area contributed by atoms with Gasteiger partial charge in [-0.25, -0.2) is 0 Å². The van der Waals surface area contributed by atoms with Gasteiger partial charge in [0.2, 0.25) is 0 Å². The lowest BCUT2D eigenvalue weighted by molar-refractivity contribution is 0.196. The third-order valence-electron chi connectivity index (χ3n) is 2.45. The van der Waals surface area contributed by atoms with E-state index in [9.17, 15) is 4.39 Å². The zero-order valence-corrected chi connectivity index (χ0v) is 8.72. The van der Waals surface area contributed by atoms with Gasteiger partial charge < -0.3 is 4.90 Å². The second-order valence-electron chi connectivity index (χ2n) is 3.48. The SMILES string of the molecule is C#CCCN1CCC(C)CC1.CF. The molecule has 2 heteroatoms. The lowest BCUT2D eigenvalue weighted by Crippen LogP contribution is -2.33. The molecule has 0 aromatic carbocycles. The van der Waals surface area contributed by atoms with Crippen molar-refractivity contribution >= 4 is 0 Å². The summed E-state index contributed by atoms with van der Waals surface area (Å²) in [4.78, 5) is 2.47. The van der Waals surface area contributed by atoms with Gasteiger partial charge in [-0.2, -0.15) is 0 Å². The number of terminal acetylenes is 1. The van der Waals surface area contributed by atoms with Crippen molar-refractivity contribution in [1.82, 2.24) is 4.90 Å². The first kappa shape index (κ1) is 12.4. The molecule has 0 radical (unpaired) electrons. The molecule has 0 bridgehead atoms. The fourth-order valence-electron chi connectivity index (χ4n) is 1.51. The molecule has 0 aromatic rings. The number of alkyl halides is 1. The van der Waals surface area contributed by atoms with Crippen LogP contribution in [0.2, 0.25) is 0 Å². The molecule has 1 fully saturated rings. The van der Waals surface area contributed by atoms with Gasteiger partial charge in [-0.05, 0) is 31.8 Å². The lowest BCUT2D eigenvalue weighted by Gasteiger charge is -2.29. The summed E-state index contributed by atoms with van der Waals surface area (Å²) in [7, 11) is 0.500. The van der Waals surface area contributed by atoms with E-state index in [4.69, 9.17) is 6.42 Å². The molecule has 0 amide bonds. The Morgan fingerprint density at radius 2 is 1.92 bits per heavy atom. The number of piperidine rings is 1. The van der Waals surface area contributed by atoms with Crippen LogP contribution in [0.25, 0.3) is 0 Å². The van der Waals surface area contributed by atoms with Crippen molar-refractivity contribution in [2.45, 2.75) is 26.2 Å². The van der Waals surface area contributed by atoms with Crippen LogP contribution in [0, 0.1) is 18.3 Å². The first-order chi connectivity index (χ1) is 6.33. The fourth-order valence-corrected chi connectivity index (χ4v) is 1.51. The minimum absolute atomic E-state index is 0.500. The third kappa shape index (κ3) is 5.65. The molecule has 1 nitrogen and oxygen atoms in total. The summed E-state index contributed by atoms with van der Waals surface area (Å²) in [5.74, 6) is 3.61. The highest BCUT2D eigenvalue weighted by molar-refractivity contribution is 4.85. The maximum absolute atomic E-state index is 9.50. The summed E-state index contributed by atoms with van der Waals surface area (Å²) < 4.78 is 9.50. The van der Waals surface area contributed by atoms with E-state index >= 15 is 0 Å². The average Bonchev–Trinajstić information content (AvgIpc) is 2.20. The lowest BCUT2D eigenvalue weighted by atomic mass is 9.99. The van der Waals surface area contributed by atoms with Crippen LogP contribution in [-0.4, -0.2) is 31.7 Å². The standard InChI is InChI=1S/C10H17N.CH3F/c1-3-4-7-11-8-5-10(2)6-9-11;1-2/h1,10H,4-9H2,2H3;1H3. The number of rotatable bonds is 2. The largest absolute Gasteiger partial charge is 0.302 e. The van der Waals surface area contributed by atoms with Crippen molar-refractivity contribution in [3.05, 3.63) is 0 Å². The van der Waals surface area contributed by atoms with Crippen LogP contribution in [0.4, 0.5) is 4.39 Å². The molecule has 0 unspecified atom stereocenters. The van der Waals surface area contributed by atoms with Gasteiger partial charge in [0, 0.05) is 13.0 Å². The van der Waals surface area contributed by atoms with Crippen molar-refractivity contribution in [3.63, 3.8) is 0 Å². The number of likely N-dealkylation sites (tertiary alicyclic amines) is 1. The maximum atomic E-state index is 9.50. The molecule has 0 aromatic heterocycles. The fraction of sp³-hybridized carbons (Fsp3) is 0.818. The molecular formula is C11H20FN. The van der Waals surface area contributed by atoms with Crippen LogP contribution < -0.4 is 0 Å². The van der Waals surface area contributed by atoms with Gasteiger partial charge in [0.15, 0.2) is 0 Å². The van der Waals surface area contributed by atoms with E-state index in [1.54, 1.807) is 0 Å². The summed E-state index contributed by atoms with van der Waals surface area (Å²) >= 11 is 0. The van der Waals surface area contributed by atoms with Gasteiger partial charge >= 0.3 is 0 Å². The van der Waals surface area contributed by atoms with E-state index in [1.165, 1.54) is 25.9 Å². The van der Waals surface area contributed by atoms with Crippen LogP contribution in [0.15, 0.2) is 0 Å². The Labute approximate surface area is 81.3 Å². The van der Waals surface area contributed by atoms with Crippen LogP contribution in [0.1, 0.15) is 26.2 Å². The molecule has 76 valence electrons. The van der Waals surface area contributed by atoms with Crippen molar-refractivity contribution in [2.75, 3.05) is 26.8 Å². The van der Waals surface area contributed by atoms with Gasteiger partial charge in [-0.1, -0.05) is 6.92 Å². The molecule has 1 saturated heterocycles. The predicted octanol–water partition coefficient (Wildman–Crippen LogP) is 2.33. The van der Waals surface area contributed by atoms with Gasteiger partial charge in [0.05, 0.1) is 7.18 Å². The molecule has 0 N–H and O–H groups in total. The quantitative estimate of drug-likeness (QED) is 0.597. The summed E-state index contributed by atoms with van der Waals surface area (Å²) in [6, 6.07) is 0. The molecule has 1 heterocycles. The van der Waals surface area contributed by atoms with Crippen molar-refractivity contribution in [1.29, 1.82) is 0 Å². The first-order valence-corrected chi connectivity index (χ1v) is 4.86. The molecule has 0 atom stereocenters. The second kappa shape index (κ2) is 8.07. The second-order valence-corrected chi connectivity index (χ2v) is 3.48. The van der Waals surface area contributed by atoms with E-state index in [0.29, 0.717) is 7.18 Å². The van der Waals surface area contributed by atoms with Crippen molar-refractivity contribution in [3.8, 4) is 12.3 Å². The number of hydrogen-bond donors (Lipinski definition) is 0. The van der Waals surface area contributed by atoms with Crippen LogP contribution in [0.3, 0.4) is 0 Å². The summed E-state index contributed by atoms with van der Waals surface area (Å²) in [6.07, 6.45) is 8.81. The van der Waals surface area contributed by atoms with Crippen LogP contribution >= 0.6 is 0 Å². The highest BCUT2D eigenvalue weighted by Gasteiger charge is 2.13. The summed E-state index contributed by atoms with van der Waals surface area (Å²) in [6.45, 7) is 5.94. The third-order valence-corrected chi connectivity index (χ3v) is 2.45. The average molecular weight is 185 g/mol. The molecule has 1 aliphatic heterocycles. The highest BCUT2D eigenvalue weighted by atomic mass is 19.1. The molecule has 13 heavy (non-hydrogen) atoms. The summed E-state index contributed by atoms with van der Waals surface area (Å²) in [5, 5.41) is 0. The minimum atomic E-state index is 0.500. The van der Waals surface area contributed by atoms with Gasteiger partial charge in [0.1, 0.15) is 0 Å². The molecule has 1 rings (SSSR count). The molecule has 1 aliphatic rings. The molecular weight excluding hydrogens is 165 g/mol. The van der Waals surface area contributed by atoms with E-state index < -0.39 is 0 Å². The minimum Gasteiger partial charge on any atom is -0.302 e. The normalized spacial score (nSPS) is 18.6. The first-order valence-electron chi connectivity index (χ1n) is 4.86. The molecule has 0 aliphatic carbocycles. The van der Waals surface area contributed by atoms with Crippen molar-refractivity contribution < 1.29 is 4.39 Å². The van der Waals surface area contributed by atoms with Gasteiger partial charge in [0.25, 0.3) is 0 Å². The maximum Gasteiger partial charge on any atom is 0.0785 e. The van der Waals surface area contributed by atoms with Crippen molar-refractivity contribution in [2.24, 2.45) is 5.92 Å². The Bertz CT molecular complexity index is 143. The van der Waals surface area contributed by atoms with E-state index in [0.717, 1.165) is 18.9 Å². The van der Waals surface area contributed by atoms with Crippen LogP contribution in [-0.2, 0) is 0 Å². The highest BCUT2D eigenvalue weighted by Crippen LogP contribution is 2.15. The Balaban J connectivity index is 0.000000671. The topological polar surface area (TPSA) is 3.24 Å². The van der Waals surface area contributed by atoms with E-state index in [-0.39, 0.29) is 0 Å². The Morgan fingerprint density at radius 3 is 2.38 bits per heavy atom. The molecule has 0 saturated carbocycles. The Morgan fingerprint density at radius 1 is 1.38 bits per heavy atom.